The number of aryl methyl sites for hydroxylation is 2. The van der Waals surface area contributed by atoms with Gasteiger partial charge in [0.2, 0.25) is 11.8 Å². The second-order valence-electron chi connectivity index (χ2n) is 6.78. The Morgan fingerprint density at radius 1 is 1.35 bits per heavy atom. The summed E-state index contributed by atoms with van der Waals surface area (Å²) in [6.45, 7) is 5.43. The Labute approximate surface area is 157 Å². The minimum atomic E-state index is -0.409. The average Bonchev–Trinajstić information content (AvgIpc) is 3.07. The molecule has 0 spiro atoms. The third-order valence-corrected chi connectivity index (χ3v) is 5.29. The van der Waals surface area contributed by atoms with Crippen molar-refractivity contribution in [1.82, 2.24) is 15.4 Å². The summed E-state index contributed by atoms with van der Waals surface area (Å²) in [5.41, 5.74) is 2.44. The number of hydrogen-bond acceptors (Lipinski definition) is 4. The van der Waals surface area contributed by atoms with E-state index in [2.05, 4.69) is 10.5 Å². The number of carbonyl (C=O) groups excluding carboxylic acids is 2. The minimum Gasteiger partial charge on any atom is -0.361 e. The van der Waals surface area contributed by atoms with Crippen molar-refractivity contribution in [3.63, 3.8) is 0 Å². The summed E-state index contributed by atoms with van der Waals surface area (Å²) in [4.78, 5) is 26.7. The largest absolute Gasteiger partial charge is 0.361 e. The number of amides is 2. The van der Waals surface area contributed by atoms with Crippen LogP contribution >= 0.6 is 11.6 Å². The maximum atomic E-state index is 12.8. The zero-order valence-electron chi connectivity index (χ0n) is 15.2. The predicted octanol–water partition coefficient (Wildman–Crippen LogP) is 3.14. The van der Waals surface area contributed by atoms with E-state index in [4.69, 9.17) is 16.1 Å². The smallest absolute Gasteiger partial charge is 0.227 e. The van der Waals surface area contributed by atoms with Crippen molar-refractivity contribution in [1.29, 1.82) is 0 Å². The van der Waals surface area contributed by atoms with Crippen LogP contribution in [0.1, 0.15) is 47.9 Å². The van der Waals surface area contributed by atoms with E-state index in [0.717, 1.165) is 11.1 Å². The van der Waals surface area contributed by atoms with Crippen molar-refractivity contribution in [2.75, 3.05) is 7.05 Å². The van der Waals surface area contributed by atoms with Gasteiger partial charge in [-0.3, -0.25) is 9.59 Å². The highest BCUT2D eigenvalue weighted by molar-refractivity contribution is 6.30. The number of likely N-dealkylation sites (tertiary alicyclic amines) is 1. The zero-order valence-corrected chi connectivity index (χ0v) is 16.0. The number of carbonyl (C=O) groups is 2. The summed E-state index contributed by atoms with van der Waals surface area (Å²) in [5, 5.41) is 7.59. The highest BCUT2D eigenvalue weighted by atomic mass is 35.5. The van der Waals surface area contributed by atoms with Crippen LogP contribution in [0.2, 0.25) is 5.02 Å². The quantitative estimate of drug-likeness (QED) is 0.890. The number of benzene rings is 1. The number of nitrogens with zero attached hydrogens (tertiary/aromatic N) is 2. The molecule has 1 aromatic carbocycles. The lowest BCUT2D eigenvalue weighted by molar-refractivity contribution is -0.127. The molecule has 1 aliphatic rings. The first-order chi connectivity index (χ1) is 12.3. The molecule has 1 saturated heterocycles. The highest BCUT2D eigenvalue weighted by Gasteiger charge is 2.40. The molecule has 0 radical (unpaired) electrons. The van der Waals surface area contributed by atoms with Gasteiger partial charge in [-0.1, -0.05) is 28.9 Å². The first-order valence-electron chi connectivity index (χ1n) is 8.54. The molecule has 6 nitrogen and oxygen atoms in total. The normalized spacial score (nSPS) is 21.1. The molecule has 138 valence electrons. The number of halogens is 1. The Hall–Kier alpha value is -2.34. The topological polar surface area (TPSA) is 75.4 Å². The minimum absolute atomic E-state index is 0.000224. The number of hydrogen-bond donors (Lipinski definition) is 1. The Kier molecular flexibility index (Phi) is 5.05. The van der Waals surface area contributed by atoms with Gasteiger partial charge < -0.3 is 14.7 Å². The Morgan fingerprint density at radius 3 is 2.58 bits per heavy atom. The van der Waals surface area contributed by atoms with E-state index >= 15 is 0 Å². The van der Waals surface area contributed by atoms with E-state index in [1.165, 1.54) is 0 Å². The van der Waals surface area contributed by atoms with Gasteiger partial charge in [-0.05, 0) is 38.5 Å². The third-order valence-electron chi connectivity index (χ3n) is 5.04. The van der Waals surface area contributed by atoms with Crippen LogP contribution in [0.5, 0.6) is 0 Å². The molecule has 0 bridgehead atoms. The van der Waals surface area contributed by atoms with Crippen LogP contribution in [-0.2, 0) is 9.59 Å². The van der Waals surface area contributed by atoms with Gasteiger partial charge in [0.25, 0.3) is 0 Å². The Morgan fingerprint density at radius 2 is 2.00 bits per heavy atom. The molecular formula is C19H22ClN3O3. The zero-order chi connectivity index (χ0) is 19.0. The van der Waals surface area contributed by atoms with Crippen LogP contribution in [0.4, 0.5) is 0 Å². The molecule has 0 aliphatic carbocycles. The summed E-state index contributed by atoms with van der Waals surface area (Å²) in [6, 6.07) is 6.83. The molecule has 0 unspecified atom stereocenters. The first kappa shape index (κ1) is 18.5. The van der Waals surface area contributed by atoms with Gasteiger partial charge in [0.15, 0.2) is 0 Å². The number of rotatable bonds is 4. The maximum absolute atomic E-state index is 12.8. The van der Waals surface area contributed by atoms with Crippen molar-refractivity contribution in [2.45, 2.75) is 45.2 Å². The molecule has 1 aromatic heterocycles. The molecule has 3 atom stereocenters. The second kappa shape index (κ2) is 7.11. The van der Waals surface area contributed by atoms with E-state index in [1.807, 2.05) is 26.0 Å². The highest BCUT2D eigenvalue weighted by Crippen LogP contribution is 2.33. The lowest BCUT2D eigenvalue weighted by atomic mass is 9.96. The van der Waals surface area contributed by atoms with Crippen molar-refractivity contribution < 1.29 is 14.1 Å². The van der Waals surface area contributed by atoms with Crippen molar-refractivity contribution in [2.24, 2.45) is 0 Å². The van der Waals surface area contributed by atoms with Gasteiger partial charge in [0, 0.05) is 24.1 Å². The van der Waals surface area contributed by atoms with Crippen LogP contribution in [-0.4, -0.2) is 35.0 Å². The molecule has 0 saturated carbocycles. The standard InChI is InChI=1S/C19H22ClN3O3/c1-10(17-11(2)22-26-12(17)3)19(25)21-15-9-16(24)23(4)18(15)13-5-7-14(20)8-6-13/h5-8,10,15,18H,9H2,1-4H3,(H,21,25)/t10-,15+,18+/m0/s1. The van der Waals surface area contributed by atoms with Crippen molar-refractivity contribution in [3.8, 4) is 0 Å². The lowest BCUT2D eigenvalue weighted by Crippen LogP contribution is -2.41. The number of nitrogens with one attached hydrogen (secondary N) is 1. The predicted molar refractivity (Wildman–Crippen MR) is 97.9 cm³/mol. The molecule has 7 heteroatoms. The molecule has 2 heterocycles. The van der Waals surface area contributed by atoms with Crippen LogP contribution in [0, 0.1) is 13.8 Å². The van der Waals surface area contributed by atoms with Gasteiger partial charge in [0.1, 0.15) is 5.76 Å². The fraction of sp³-hybridized carbons (Fsp3) is 0.421. The second-order valence-corrected chi connectivity index (χ2v) is 7.22. The molecule has 2 aromatic rings. The van der Waals surface area contributed by atoms with Gasteiger partial charge in [-0.2, -0.15) is 0 Å². The van der Waals surface area contributed by atoms with Crippen LogP contribution < -0.4 is 5.32 Å². The summed E-state index contributed by atoms with van der Waals surface area (Å²) in [5.74, 6) is 0.0823. The Bertz CT molecular complexity index is 812. The van der Waals surface area contributed by atoms with E-state index in [1.54, 1.807) is 31.0 Å². The molecule has 3 rings (SSSR count). The number of aromatic nitrogens is 1. The fourth-order valence-electron chi connectivity index (χ4n) is 3.66. The van der Waals surface area contributed by atoms with Crippen LogP contribution in [0.25, 0.3) is 0 Å². The van der Waals surface area contributed by atoms with Gasteiger partial charge >= 0.3 is 0 Å². The van der Waals surface area contributed by atoms with Crippen molar-refractivity contribution in [3.05, 3.63) is 51.9 Å². The van der Waals surface area contributed by atoms with E-state index in [-0.39, 0.29) is 30.3 Å². The molecule has 26 heavy (non-hydrogen) atoms. The van der Waals surface area contributed by atoms with Crippen LogP contribution in [0.15, 0.2) is 28.8 Å². The van der Waals surface area contributed by atoms with E-state index in [9.17, 15) is 9.59 Å². The summed E-state index contributed by atoms with van der Waals surface area (Å²) in [7, 11) is 1.76. The molecular weight excluding hydrogens is 354 g/mol. The molecule has 1 aliphatic heterocycles. The summed E-state index contributed by atoms with van der Waals surface area (Å²) >= 11 is 5.97. The first-order valence-corrected chi connectivity index (χ1v) is 8.91. The fourth-order valence-corrected chi connectivity index (χ4v) is 3.79. The van der Waals surface area contributed by atoms with Gasteiger partial charge in [-0.15, -0.1) is 0 Å². The van der Waals surface area contributed by atoms with E-state index < -0.39 is 5.92 Å². The lowest BCUT2D eigenvalue weighted by Gasteiger charge is -2.27. The molecule has 1 N–H and O–H groups in total. The average molecular weight is 376 g/mol. The third kappa shape index (κ3) is 3.33. The van der Waals surface area contributed by atoms with E-state index in [0.29, 0.717) is 16.5 Å². The summed E-state index contributed by atoms with van der Waals surface area (Å²) in [6.07, 6.45) is 0.268. The molecule has 2 amide bonds. The maximum Gasteiger partial charge on any atom is 0.227 e. The van der Waals surface area contributed by atoms with Crippen LogP contribution in [0.3, 0.4) is 0 Å². The van der Waals surface area contributed by atoms with Crippen molar-refractivity contribution >= 4 is 23.4 Å². The monoisotopic (exact) mass is 375 g/mol. The van der Waals surface area contributed by atoms with Gasteiger partial charge in [-0.25, -0.2) is 0 Å². The number of likely N-dealkylation sites (N-methyl/N-ethyl adjacent to an activating group) is 1. The molecule has 1 fully saturated rings. The van der Waals surface area contributed by atoms with Gasteiger partial charge in [0.05, 0.1) is 23.7 Å². The summed E-state index contributed by atoms with van der Waals surface area (Å²) < 4.78 is 5.17. The SMILES string of the molecule is Cc1noc(C)c1[C@H](C)C(=O)N[C@@H]1CC(=O)N(C)[C@@H]1c1ccc(Cl)cc1. The Balaban J connectivity index is 1.81.